The molecule has 0 radical (unpaired) electrons. The molecule has 0 aliphatic carbocycles. The lowest BCUT2D eigenvalue weighted by Crippen LogP contribution is -2.32. The lowest BCUT2D eigenvalue weighted by molar-refractivity contribution is -0.115. The highest BCUT2D eigenvalue weighted by molar-refractivity contribution is 5.95. The fourth-order valence-electron chi connectivity index (χ4n) is 1.66. The molecule has 0 spiro atoms. The summed E-state index contributed by atoms with van der Waals surface area (Å²) >= 11 is 0. The minimum Gasteiger partial charge on any atom is -0.402 e. The first-order valence-electron chi connectivity index (χ1n) is 4.17. The van der Waals surface area contributed by atoms with Crippen molar-refractivity contribution in [3.8, 4) is 0 Å². The van der Waals surface area contributed by atoms with Gasteiger partial charge in [0.15, 0.2) is 5.78 Å². The average molecular weight is 169 g/mol. The van der Waals surface area contributed by atoms with Gasteiger partial charge in [-0.05, 0) is 20.8 Å². The molecule has 0 bridgehead atoms. The Bertz CT molecular complexity index is 233. The Morgan fingerprint density at radius 3 is 2.58 bits per heavy atom. The molecule has 0 aromatic rings. The number of hydrogen-bond donors (Lipinski definition) is 1. The van der Waals surface area contributed by atoms with Gasteiger partial charge in [0.2, 0.25) is 0 Å². The quantitative estimate of drug-likeness (QED) is 0.636. The molecule has 0 saturated heterocycles. The molecule has 1 aliphatic rings. The van der Waals surface area contributed by atoms with Crippen LogP contribution in [0.3, 0.4) is 0 Å². The van der Waals surface area contributed by atoms with Crippen molar-refractivity contribution in [3.05, 3.63) is 11.3 Å². The summed E-state index contributed by atoms with van der Waals surface area (Å²) in [4.78, 5) is 11.1. The monoisotopic (exact) mass is 169 g/mol. The van der Waals surface area contributed by atoms with Crippen LogP contribution in [0.25, 0.3) is 0 Å². The van der Waals surface area contributed by atoms with Gasteiger partial charge in [0.1, 0.15) is 0 Å². The molecule has 1 heterocycles. The first-order chi connectivity index (χ1) is 5.52. The van der Waals surface area contributed by atoms with Gasteiger partial charge in [0, 0.05) is 17.7 Å². The summed E-state index contributed by atoms with van der Waals surface area (Å²) in [5.74, 6) is 0.0203. The summed E-state index contributed by atoms with van der Waals surface area (Å²) in [6.45, 7) is 5.34. The second kappa shape index (κ2) is 3.27. The van der Waals surface area contributed by atoms with Crippen molar-refractivity contribution >= 4 is 5.78 Å². The van der Waals surface area contributed by atoms with Crippen LogP contribution in [0.1, 0.15) is 27.2 Å². The summed E-state index contributed by atoms with van der Waals surface area (Å²) < 4.78 is 5.47. The lowest BCUT2D eigenvalue weighted by atomic mass is 9.98. The first-order valence-corrected chi connectivity index (χ1v) is 4.17. The molecule has 2 atom stereocenters. The Hall–Kier alpha value is -0.830. The number of rotatable bonds is 1. The third kappa shape index (κ3) is 1.67. The van der Waals surface area contributed by atoms with E-state index < -0.39 is 0 Å². The minimum absolute atomic E-state index is 0.0203. The van der Waals surface area contributed by atoms with Crippen LogP contribution in [0.4, 0.5) is 0 Å². The minimum atomic E-state index is -0.147. The van der Waals surface area contributed by atoms with Crippen LogP contribution in [0, 0.1) is 0 Å². The number of hydrogen-bond acceptors (Lipinski definition) is 3. The summed E-state index contributed by atoms with van der Waals surface area (Å²) in [6, 6.07) is 0. The largest absolute Gasteiger partial charge is 0.402 e. The number of carbonyl (C=O) groups is 1. The summed E-state index contributed by atoms with van der Waals surface area (Å²) in [6.07, 6.45) is 0.647. The molecule has 0 aromatic carbocycles. The molecule has 0 saturated carbocycles. The summed E-state index contributed by atoms with van der Waals surface area (Å²) in [5, 5.41) is 0. The van der Waals surface area contributed by atoms with Crippen LogP contribution < -0.4 is 5.73 Å². The predicted molar refractivity (Wildman–Crippen MR) is 46.5 cm³/mol. The van der Waals surface area contributed by atoms with E-state index in [2.05, 4.69) is 0 Å². The SMILES string of the molecule is CC(=O)C1=C(N)CC(C)OC1C. The Morgan fingerprint density at radius 1 is 1.58 bits per heavy atom. The van der Waals surface area contributed by atoms with E-state index in [1.165, 1.54) is 6.92 Å². The predicted octanol–water partition coefficient (Wildman–Crippen LogP) is 0.985. The van der Waals surface area contributed by atoms with Gasteiger partial charge in [0.05, 0.1) is 12.2 Å². The average Bonchev–Trinajstić information content (AvgIpc) is 1.82. The van der Waals surface area contributed by atoms with E-state index in [-0.39, 0.29) is 18.0 Å². The Labute approximate surface area is 72.6 Å². The molecule has 68 valence electrons. The second-order valence-electron chi connectivity index (χ2n) is 3.29. The van der Waals surface area contributed by atoms with Crippen LogP contribution in [-0.4, -0.2) is 18.0 Å². The van der Waals surface area contributed by atoms with E-state index in [9.17, 15) is 4.79 Å². The van der Waals surface area contributed by atoms with Gasteiger partial charge in [-0.15, -0.1) is 0 Å². The van der Waals surface area contributed by atoms with Gasteiger partial charge < -0.3 is 10.5 Å². The highest BCUT2D eigenvalue weighted by atomic mass is 16.5. The topological polar surface area (TPSA) is 52.3 Å². The van der Waals surface area contributed by atoms with Crippen LogP contribution in [0.15, 0.2) is 11.3 Å². The van der Waals surface area contributed by atoms with Crippen molar-refractivity contribution in [2.24, 2.45) is 5.73 Å². The van der Waals surface area contributed by atoms with Crippen molar-refractivity contribution in [1.82, 2.24) is 0 Å². The van der Waals surface area contributed by atoms with E-state index in [1.807, 2.05) is 13.8 Å². The maximum absolute atomic E-state index is 11.1. The molecular formula is C9H15NO2. The Balaban J connectivity index is 2.93. The van der Waals surface area contributed by atoms with Crippen molar-refractivity contribution in [2.75, 3.05) is 0 Å². The fourth-order valence-corrected chi connectivity index (χ4v) is 1.66. The Kier molecular flexibility index (Phi) is 2.52. The highest BCUT2D eigenvalue weighted by Crippen LogP contribution is 2.22. The van der Waals surface area contributed by atoms with E-state index in [0.717, 1.165) is 0 Å². The maximum atomic E-state index is 11.1. The van der Waals surface area contributed by atoms with Crippen LogP contribution >= 0.6 is 0 Å². The molecule has 0 amide bonds. The number of nitrogens with two attached hydrogens (primary N) is 1. The summed E-state index contributed by atoms with van der Waals surface area (Å²) in [5.41, 5.74) is 7.07. The summed E-state index contributed by atoms with van der Waals surface area (Å²) in [7, 11) is 0. The zero-order valence-corrected chi connectivity index (χ0v) is 7.76. The maximum Gasteiger partial charge on any atom is 0.160 e. The van der Waals surface area contributed by atoms with E-state index in [0.29, 0.717) is 17.7 Å². The van der Waals surface area contributed by atoms with Crippen molar-refractivity contribution < 1.29 is 9.53 Å². The molecule has 1 rings (SSSR count). The Morgan fingerprint density at radius 2 is 2.17 bits per heavy atom. The molecule has 2 unspecified atom stereocenters. The zero-order chi connectivity index (χ0) is 9.30. The normalized spacial score (nSPS) is 30.6. The van der Waals surface area contributed by atoms with Crippen molar-refractivity contribution in [1.29, 1.82) is 0 Å². The number of carbonyl (C=O) groups excluding carboxylic acids is 1. The molecule has 12 heavy (non-hydrogen) atoms. The molecule has 2 N–H and O–H groups in total. The number of ether oxygens (including phenoxy) is 1. The van der Waals surface area contributed by atoms with Gasteiger partial charge in [-0.3, -0.25) is 4.79 Å². The molecule has 1 aliphatic heterocycles. The molecule has 0 fully saturated rings. The number of ketones is 1. The number of Topliss-reactive ketones (excluding diaryl/α,β-unsaturated/α-hetero) is 1. The molecule has 0 aromatic heterocycles. The van der Waals surface area contributed by atoms with Crippen LogP contribution in [-0.2, 0) is 9.53 Å². The van der Waals surface area contributed by atoms with E-state index >= 15 is 0 Å². The molecular weight excluding hydrogens is 154 g/mol. The van der Waals surface area contributed by atoms with Gasteiger partial charge in [-0.25, -0.2) is 0 Å². The van der Waals surface area contributed by atoms with E-state index in [1.54, 1.807) is 0 Å². The lowest BCUT2D eigenvalue weighted by Gasteiger charge is -2.27. The fraction of sp³-hybridized carbons (Fsp3) is 0.667. The van der Waals surface area contributed by atoms with Gasteiger partial charge in [0.25, 0.3) is 0 Å². The van der Waals surface area contributed by atoms with Gasteiger partial charge in [-0.1, -0.05) is 0 Å². The standard InChI is InChI=1S/C9H15NO2/c1-5-4-8(10)9(6(2)11)7(3)12-5/h5,7H,4,10H2,1-3H3. The third-order valence-electron chi connectivity index (χ3n) is 2.08. The van der Waals surface area contributed by atoms with Crippen molar-refractivity contribution in [3.63, 3.8) is 0 Å². The zero-order valence-electron chi connectivity index (χ0n) is 7.76. The smallest absolute Gasteiger partial charge is 0.160 e. The van der Waals surface area contributed by atoms with Crippen molar-refractivity contribution in [2.45, 2.75) is 39.4 Å². The molecule has 3 heteroatoms. The van der Waals surface area contributed by atoms with E-state index in [4.69, 9.17) is 10.5 Å². The first kappa shape index (κ1) is 9.26. The van der Waals surface area contributed by atoms with Gasteiger partial charge in [-0.2, -0.15) is 0 Å². The van der Waals surface area contributed by atoms with Crippen LogP contribution in [0.5, 0.6) is 0 Å². The highest BCUT2D eigenvalue weighted by Gasteiger charge is 2.25. The molecule has 3 nitrogen and oxygen atoms in total. The van der Waals surface area contributed by atoms with Gasteiger partial charge >= 0.3 is 0 Å². The third-order valence-corrected chi connectivity index (χ3v) is 2.08. The van der Waals surface area contributed by atoms with Crippen LogP contribution in [0.2, 0.25) is 0 Å². The second-order valence-corrected chi connectivity index (χ2v) is 3.29.